The second-order valence-corrected chi connectivity index (χ2v) is 4.12. The number of hydrogen-bond acceptors (Lipinski definition) is 4. The van der Waals surface area contributed by atoms with Gasteiger partial charge in [0.05, 0.1) is 6.61 Å². The van der Waals surface area contributed by atoms with Crippen molar-refractivity contribution in [3.05, 3.63) is 29.8 Å². The normalized spacial score (nSPS) is 12.5. The van der Waals surface area contributed by atoms with Crippen molar-refractivity contribution in [2.75, 3.05) is 31.7 Å². The zero-order valence-electron chi connectivity index (χ0n) is 10.9. The number of amidine groups is 1. The smallest absolute Gasteiger partial charge is 0.409 e. The molecule has 0 atom stereocenters. The molecule has 0 unspecified atom stereocenters. The zero-order chi connectivity index (χ0) is 15.2. The number of alkyl halides is 3. The van der Waals surface area contributed by atoms with Gasteiger partial charge >= 0.3 is 6.18 Å². The van der Waals surface area contributed by atoms with E-state index in [4.69, 9.17) is 10.9 Å². The van der Waals surface area contributed by atoms with Gasteiger partial charge in [0.1, 0.15) is 6.61 Å². The molecule has 5 nitrogen and oxygen atoms in total. The maximum absolute atomic E-state index is 11.9. The molecule has 0 aliphatic carbocycles. The van der Waals surface area contributed by atoms with E-state index >= 15 is 0 Å². The van der Waals surface area contributed by atoms with Crippen LogP contribution in [0.1, 0.15) is 5.56 Å². The summed E-state index contributed by atoms with van der Waals surface area (Å²) in [6.07, 6.45) is -4.30. The molecule has 20 heavy (non-hydrogen) atoms. The van der Waals surface area contributed by atoms with Crippen LogP contribution in [0.5, 0.6) is 0 Å². The number of hydrogen-bond donors (Lipinski definition) is 2. The molecule has 112 valence electrons. The number of nitrogens with two attached hydrogens (primary N) is 1. The molecule has 0 radical (unpaired) electrons. The first-order chi connectivity index (χ1) is 9.33. The highest BCUT2D eigenvalue weighted by Crippen LogP contribution is 2.15. The molecule has 3 N–H and O–H groups in total. The van der Waals surface area contributed by atoms with Gasteiger partial charge in [-0.15, -0.1) is 0 Å². The van der Waals surface area contributed by atoms with Crippen LogP contribution in [0.15, 0.2) is 29.4 Å². The molecule has 0 fully saturated rings. The molecule has 1 aromatic rings. The van der Waals surface area contributed by atoms with Gasteiger partial charge in [0.2, 0.25) is 0 Å². The predicted octanol–water partition coefficient (Wildman–Crippen LogP) is 1.80. The Bertz CT molecular complexity index is 446. The Hall–Kier alpha value is -1.96. The molecule has 0 aromatic heterocycles. The number of rotatable bonds is 6. The number of oxime groups is 1. The first-order valence-corrected chi connectivity index (χ1v) is 5.77. The van der Waals surface area contributed by atoms with Gasteiger partial charge in [-0.25, -0.2) is 0 Å². The molecule has 8 heteroatoms. The van der Waals surface area contributed by atoms with Gasteiger partial charge in [0, 0.05) is 24.8 Å². The molecule has 1 rings (SSSR count). The van der Waals surface area contributed by atoms with Crippen LogP contribution in [0.25, 0.3) is 0 Å². The molecule has 0 amide bonds. The summed E-state index contributed by atoms with van der Waals surface area (Å²) >= 11 is 0. The number of nitrogens with zero attached hydrogens (tertiary/aromatic N) is 2. The van der Waals surface area contributed by atoms with E-state index in [1.54, 1.807) is 36.2 Å². The van der Waals surface area contributed by atoms with E-state index in [2.05, 4.69) is 9.89 Å². The van der Waals surface area contributed by atoms with Crippen LogP contribution in [-0.4, -0.2) is 44.0 Å². The molecule has 0 spiro atoms. The van der Waals surface area contributed by atoms with Crippen molar-refractivity contribution in [3.63, 3.8) is 0 Å². The third-order valence-corrected chi connectivity index (χ3v) is 2.55. The summed E-state index contributed by atoms with van der Waals surface area (Å²) in [5.41, 5.74) is 6.76. The Morgan fingerprint density at radius 2 is 1.95 bits per heavy atom. The summed E-state index contributed by atoms with van der Waals surface area (Å²) < 4.78 is 40.2. The molecular formula is C12H16F3N3O2. The summed E-state index contributed by atoms with van der Waals surface area (Å²) in [7, 11) is 1.73. The topological polar surface area (TPSA) is 71.1 Å². The monoisotopic (exact) mass is 291 g/mol. The minimum atomic E-state index is -4.30. The molecule has 0 heterocycles. The van der Waals surface area contributed by atoms with Crippen molar-refractivity contribution in [1.29, 1.82) is 0 Å². The average molecular weight is 291 g/mol. The fraction of sp³-hybridized carbons (Fsp3) is 0.417. The summed E-state index contributed by atoms with van der Waals surface area (Å²) in [5, 5.41) is 11.4. The van der Waals surface area contributed by atoms with E-state index in [9.17, 15) is 13.2 Å². The van der Waals surface area contributed by atoms with E-state index < -0.39 is 12.8 Å². The van der Waals surface area contributed by atoms with Gasteiger partial charge in [-0.1, -0.05) is 5.16 Å². The van der Waals surface area contributed by atoms with Crippen LogP contribution in [0.4, 0.5) is 18.9 Å². The van der Waals surface area contributed by atoms with E-state index in [-0.39, 0.29) is 12.4 Å². The number of likely N-dealkylation sites (N-methyl/N-ethyl adjacent to an activating group) is 1. The molecule has 0 aliphatic heterocycles. The Morgan fingerprint density at radius 3 is 2.45 bits per heavy atom. The van der Waals surface area contributed by atoms with E-state index in [1.165, 1.54) is 0 Å². The fourth-order valence-electron chi connectivity index (χ4n) is 1.46. The van der Waals surface area contributed by atoms with Gasteiger partial charge in [0.15, 0.2) is 5.84 Å². The Kier molecular flexibility index (Phi) is 5.63. The lowest BCUT2D eigenvalue weighted by molar-refractivity contribution is -0.173. The SMILES string of the molecule is CN(CCOCC(F)(F)F)c1ccc(C(N)=NO)cc1. The molecule has 0 saturated carbocycles. The first kappa shape index (κ1) is 16.1. The van der Waals surface area contributed by atoms with Crippen LogP contribution in [0, 0.1) is 0 Å². The van der Waals surface area contributed by atoms with Crippen molar-refractivity contribution in [1.82, 2.24) is 0 Å². The van der Waals surface area contributed by atoms with Gasteiger partial charge in [0.25, 0.3) is 0 Å². The molecule has 0 saturated heterocycles. The largest absolute Gasteiger partial charge is 0.411 e. The van der Waals surface area contributed by atoms with Crippen molar-refractivity contribution in [3.8, 4) is 0 Å². The maximum Gasteiger partial charge on any atom is 0.411 e. The fourth-order valence-corrected chi connectivity index (χ4v) is 1.46. The summed E-state index contributed by atoms with van der Waals surface area (Å²) in [6, 6.07) is 6.74. The standard InChI is InChI=1S/C12H16F3N3O2/c1-18(6-7-20-8-12(13,14)15)10-4-2-9(3-5-10)11(16)17-19/h2-5,19H,6-8H2,1H3,(H2,16,17). The molecule has 0 aliphatic rings. The lowest BCUT2D eigenvalue weighted by Crippen LogP contribution is -2.25. The average Bonchev–Trinajstić information content (AvgIpc) is 2.41. The Labute approximate surface area is 114 Å². The third-order valence-electron chi connectivity index (χ3n) is 2.55. The van der Waals surface area contributed by atoms with Crippen molar-refractivity contribution >= 4 is 11.5 Å². The lowest BCUT2D eigenvalue weighted by Gasteiger charge is -2.19. The maximum atomic E-state index is 11.9. The van der Waals surface area contributed by atoms with Crippen LogP contribution >= 0.6 is 0 Å². The number of anilines is 1. The Morgan fingerprint density at radius 1 is 1.35 bits per heavy atom. The third kappa shape index (κ3) is 5.35. The number of benzene rings is 1. The number of ether oxygens (including phenoxy) is 1. The van der Waals surface area contributed by atoms with Crippen LogP contribution in [0.3, 0.4) is 0 Å². The molecular weight excluding hydrogens is 275 g/mol. The van der Waals surface area contributed by atoms with Crippen LogP contribution in [0.2, 0.25) is 0 Å². The molecule has 0 bridgehead atoms. The quantitative estimate of drug-likeness (QED) is 0.276. The summed E-state index contributed by atoms with van der Waals surface area (Å²) in [6.45, 7) is -0.958. The van der Waals surface area contributed by atoms with Crippen molar-refractivity contribution in [2.45, 2.75) is 6.18 Å². The second-order valence-electron chi connectivity index (χ2n) is 4.12. The minimum absolute atomic E-state index is 0.00675. The van der Waals surface area contributed by atoms with E-state index in [0.717, 1.165) is 5.69 Å². The van der Waals surface area contributed by atoms with E-state index in [0.29, 0.717) is 12.1 Å². The summed E-state index contributed by atoms with van der Waals surface area (Å²) in [4.78, 5) is 1.74. The van der Waals surface area contributed by atoms with Gasteiger partial charge in [-0.05, 0) is 24.3 Å². The predicted molar refractivity (Wildman–Crippen MR) is 69.1 cm³/mol. The van der Waals surface area contributed by atoms with Gasteiger partial charge in [-0.3, -0.25) is 0 Å². The molecule has 1 aromatic carbocycles. The van der Waals surface area contributed by atoms with Crippen LogP contribution in [-0.2, 0) is 4.74 Å². The number of halogens is 3. The van der Waals surface area contributed by atoms with Crippen molar-refractivity contribution in [2.24, 2.45) is 10.9 Å². The Balaban J connectivity index is 2.46. The summed E-state index contributed by atoms with van der Waals surface area (Å²) in [5.74, 6) is -0.00675. The highest BCUT2D eigenvalue weighted by atomic mass is 19.4. The lowest BCUT2D eigenvalue weighted by atomic mass is 10.2. The minimum Gasteiger partial charge on any atom is -0.409 e. The highest BCUT2D eigenvalue weighted by Gasteiger charge is 2.27. The first-order valence-electron chi connectivity index (χ1n) is 5.77. The van der Waals surface area contributed by atoms with Crippen LogP contribution < -0.4 is 10.6 Å². The highest BCUT2D eigenvalue weighted by molar-refractivity contribution is 5.97. The second kappa shape index (κ2) is 6.99. The van der Waals surface area contributed by atoms with Crippen molar-refractivity contribution < 1.29 is 23.1 Å². The van der Waals surface area contributed by atoms with Gasteiger partial charge in [-0.2, -0.15) is 13.2 Å². The van der Waals surface area contributed by atoms with Gasteiger partial charge < -0.3 is 20.6 Å². The zero-order valence-corrected chi connectivity index (χ0v) is 10.9. The van der Waals surface area contributed by atoms with E-state index in [1.807, 2.05) is 0 Å².